The van der Waals surface area contributed by atoms with Gasteiger partial charge in [-0.25, -0.2) is 5.43 Å². The van der Waals surface area contributed by atoms with E-state index in [0.717, 1.165) is 10.8 Å². The zero-order valence-electron chi connectivity index (χ0n) is 15.7. The Labute approximate surface area is 162 Å². The number of phenols is 1. The fourth-order valence-corrected chi connectivity index (χ4v) is 2.78. The van der Waals surface area contributed by atoms with Crippen LogP contribution in [-0.2, 0) is 0 Å². The van der Waals surface area contributed by atoms with Crippen LogP contribution < -0.4 is 19.6 Å². The first-order chi connectivity index (χ1) is 13.6. The Morgan fingerprint density at radius 3 is 2.07 bits per heavy atom. The lowest BCUT2D eigenvalue weighted by Gasteiger charge is -2.10. The van der Waals surface area contributed by atoms with E-state index in [1.165, 1.54) is 27.5 Å². The van der Waals surface area contributed by atoms with Crippen molar-refractivity contribution in [2.75, 3.05) is 21.3 Å². The van der Waals surface area contributed by atoms with Crippen LogP contribution in [0, 0.1) is 0 Å². The molecule has 3 rings (SSSR count). The van der Waals surface area contributed by atoms with E-state index in [9.17, 15) is 9.90 Å². The van der Waals surface area contributed by atoms with Crippen molar-refractivity contribution in [3.63, 3.8) is 0 Å². The summed E-state index contributed by atoms with van der Waals surface area (Å²) in [6.45, 7) is 0. The number of methoxy groups -OCH3 is 3. The Kier molecular flexibility index (Phi) is 5.64. The fraction of sp³-hybridized carbons (Fsp3) is 0.143. The van der Waals surface area contributed by atoms with Crippen LogP contribution in [0.3, 0.4) is 0 Å². The minimum absolute atomic E-state index is 0.105. The molecular formula is C21H20N2O5. The van der Waals surface area contributed by atoms with Crippen molar-refractivity contribution in [2.24, 2.45) is 5.10 Å². The minimum Gasteiger partial charge on any atom is -0.502 e. The van der Waals surface area contributed by atoms with Crippen molar-refractivity contribution in [1.29, 1.82) is 0 Å². The van der Waals surface area contributed by atoms with Crippen LogP contribution in [0.2, 0.25) is 0 Å². The highest BCUT2D eigenvalue weighted by Gasteiger charge is 2.14. The summed E-state index contributed by atoms with van der Waals surface area (Å²) in [4.78, 5) is 12.6. The first kappa shape index (κ1) is 19.0. The molecule has 3 aromatic rings. The molecular weight excluding hydrogens is 360 g/mol. The number of benzene rings is 3. The quantitative estimate of drug-likeness (QED) is 0.506. The second-order valence-corrected chi connectivity index (χ2v) is 5.87. The first-order valence-corrected chi connectivity index (χ1v) is 8.42. The van der Waals surface area contributed by atoms with E-state index in [0.29, 0.717) is 16.9 Å². The van der Waals surface area contributed by atoms with Gasteiger partial charge in [0.05, 0.1) is 33.1 Å². The van der Waals surface area contributed by atoms with Crippen LogP contribution in [0.15, 0.2) is 53.6 Å². The van der Waals surface area contributed by atoms with Crippen LogP contribution in [0.1, 0.15) is 15.9 Å². The number of hydrogen-bond donors (Lipinski definition) is 2. The van der Waals surface area contributed by atoms with Gasteiger partial charge in [0.2, 0.25) is 5.75 Å². The molecule has 0 bridgehead atoms. The summed E-state index contributed by atoms with van der Waals surface area (Å²) < 4.78 is 15.5. The number of amides is 1. The molecule has 0 spiro atoms. The van der Waals surface area contributed by atoms with Crippen molar-refractivity contribution in [3.05, 3.63) is 59.7 Å². The number of carbonyl (C=O) groups is 1. The molecule has 3 aromatic carbocycles. The highest BCUT2D eigenvalue weighted by Crippen LogP contribution is 2.36. The predicted octanol–water partition coefficient (Wildman–Crippen LogP) is 3.34. The first-order valence-electron chi connectivity index (χ1n) is 8.42. The molecule has 0 atom stereocenters. The number of ether oxygens (including phenoxy) is 3. The summed E-state index contributed by atoms with van der Waals surface area (Å²) in [5.41, 5.74) is 3.44. The maximum atomic E-state index is 12.6. The van der Waals surface area contributed by atoms with Gasteiger partial charge in [-0.05, 0) is 35.0 Å². The lowest BCUT2D eigenvalue weighted by atomic mass is 10.1. The standard InChI is InChI=1S/C21H20N2O5/c1-26-17-11-15-7-5-4-6-14(15)10-16(17)21(25)23-22-12-13-8-18(27-2)20(24)19(9-13)28-3/h4-12,24H,1-3H3,(H,23,25)/b22-12-. The van der Waals surface area contributed by atoms with Crippen LogP contribution in [-0.4, -0.2) is 38.6 Å². The SMILES string of the molecule is COc1cc2ccccc2cc1C(=O)N/N=C\c1cc(OC)c(O)c(OC)c1. The maximum Gasteiger partial charge on any atom is 0.275 e. The second-order valence-electron chi connectivity index (χ2n) is 5.87. The Morgan fingerprint density at radius 2 is 1.50 bits per heavy atom. The molecule has 7 nitrogen and oxygen atoms in total. The fourth-order valence-electron chi connectivity index (χ4n) is 2.78. The second kappa shape index (κ2) is 8.30. The molecule has 0 fully saturated rings. The summed E-state index contributed by atoms with van der Waals surface area (Å²) in [6, 6.07) is 14.4. The lowest BCUT2D eigenvalue weighted by Crippen LogP contribution is -2.18. The molecule has 0 aliphatic rings. The molecule has 28 heavy (non-hydrogen) atoms. The number of hydrogen-bond acceptors (Lipinski definition) is 6. The van der Waals surface area contributed by atoms with Crippen molar-refractivity contribution in [2.45, 2.75) is 0 Å². The molecule has 7 heteroatoms. The number of carbonyl (C=O) groups excluding carboxylic acids is 1. The lowest BCUT2D eigenvalue weighted by molar-refractivity contribution is 0.0952. The zero-order valence-corrected chi connectivity index (χ0v) is 15.7. The Hall–Kier alpha value is -3.74. The van der Waals surface area contributed by atoms with Gasteiger partial charge in [0, 0.05) is 5.56 Å². The third-order valence-electron chi connectivity index (χ3n) is 4.19. The van der Waals surface area contributed by atoms with Gasteiger partial charge in [0.25, 0.3) is 5.91 Å². The normalized spacial score (nSPS) is 10.8. The van der Waals surface area contributed by atoms with Crippen LogP contribution in [0.4, 0.5) is 0 Å². The van der Waals surface area contributed by atoms with Gasteiger partial charge in [0.1, 0.15) is 5.75 Å². The molecule has 2 N–H and O–H groups in total. The van der Waals surface area contributed by atoms with Crippen molar-refractivity contribution in [3.8, 4) is 23.0 Å². The Balaban J connectivity index is 1.83. The van der Waals surface area contributed by atoms with Crippen LogP contribution in [0.5, 0.6) is 23.0 Å². The van der Waals surface area contributed by atoms with Crippen LogP contribution in [0.25, 0.3) is 10.8 Å². The summed E-state index contributed by atoms with van der Waals surface area (Å²) in [5, 5.41) is 15.8. The van der Waals surface area contributed by atoms with Crippen molar-refractivity contribution in [1.82, 2.24) is 5.43 Å². The van der Waals surface area contributed by atoms with Gasteiger partial charge in [-0.3, -0.25) is 4.79 Å². The number of fused-ring (bicyclic) bond motifs is 1. The average molecular weight is 380 g/mol. The van der Waals surface area contributed by atoms with E-state index in [2.05, 4.69) is 10.5 Å². The molecule has 0 aliphatic heterocycles. The van der Waals surface area contributed by atoms with Crippen LogP contribution >= 0.6 is 0 Å². The smallest absolute Gasteiger partial charge is 0.275 e. The predicted molar refractivity (Wildman–Crippen MR) is 107 cm³/mol. The van der Waals surface area contributed by atoms with Gasteiger partial charge in [-0.15, -0.1) is 0 Å². The third-order valence-corrected chi connectivity index (χ3v) is 4.19. The summed E-state index contributed by atoms with van der Waals surface area (Å²) in [6.07, 6.45) is 1.43. The average Bonchev–Trinajstić information content (AvgIpc) is 2.73. The van der Waals surface area contributed by atoms with Gasteiger partial charge < -0.3 is 19.3 Å². The number of phenolic OH excluding ortho intramolecular Hbond substituents is 1. The molecule has 0 saturated heterocycles. The summed E-state index contributed by atoms with van der Waals surface area (Å²) in [7, 11) is 4.38. The van der Waals surface area contributed by atoms with E-state index < -0.39 is 5.91 Å². The molecule has 0 unspecified atom stereocenters. The molecule has 0 aromatic heterocycles. The molecule has 0 heterocycles. The van der Waals surface area contributed by atoms with Crippen molar-refractivity contribution < 1.29 is 24.1 Å². The highest BCUT2D eigenvalue weighted by atomic mass is 16.5. The monoisotopic (exact) mass is 380 g/mol. The summed E-state index contributed by atoms with van der Waals surface area (Å²) >= 11 is 0. The topological polar surface area (TPSA) is 89.4 Å². The molecule has 0 aliphatic carbocycles. The van der Waals surface area contributed by atoms with E-state index in [4.69, 9.17) is 14.2 Å². The maximum absolute atomic E-state index is 12.6. The van der Waals surface area contributed by atoms with Gasteiger partial charge in [-0.1, -0.05) is 24.3 Å². The van der Waals surface area contributed by atoms with Crippen molar-refractivity contribution >= 4 is 22.9 Å². The molecule has 0 radical (unpaired) electrons. The molecule has 144 valence electrons. The van der Waals surface area contributed by atoms with Gasteiger partial charge >= 0.3 is 0 Å². The number of rotatable bonds is 6. The number of nitrogens with one attached hydrogen (secondary N) is 1. The van der Waals surface area contributed by atoms with Gasteiger partial charge in [-0.2, -0.15) is 5.10 Å². The Bertz CT molecular complexity index is 1020. The molecule has 1 amide bonds. The molecule has 0 saturated carbocycles. The van der Waals surface area contributed by atoms with E-state index >= 15 is 0 Å². The third kappa shape index (κ3) is 3.83. The number of hydrazone groups is 1. The Morgan fingerprint density at radius 1 is 0.929 bits per heavy atom. The van der Waals surface area contributed by atoms with E-state index in [1.807, 2.05) is 30.3 Å². The largest absolute Gasteiger partial charge is 0.502 e. The summed E-state index contributed by atoms with van der Waals surface area (Å²) in [5.74, 6) is 0.426. The minimum atomic E-state index is -0.406. The van der Waals surface area contributed by atoms with E-state index in [1.54, 1.807) is 18.2 Å². The van der Waals surface area contributed by atoms with E-state index in [-0.39, 0.29) is 17.2 Å². The van der Waals surface area contributed by atoms with Gasteiger partial charge in [0.15, 0.2) is 11.5 Å². The number of nitrogens with zero attached hydrogens (tertiary/aromatic N) is 1. The zero-order chi connectivity index (χ0) is 20.1. The number of aromatic hydroxyl groups is 1. The highest BCUT2D eigenvalue weighted by molar-refractivity contribution is 6.02.